The Hall–Kier alpha value is -2.24. The third-order valence-electron chi connectivity index (χ3n) is 2.58. The first-order chi connectivity index (χ1) is 10.5. The van der Waals surface area contributed by atoms with Crippen LogP contribution in [0, 0.1) is 0 Å². The summed E-state index contributed by atoms with van der Waals surface area (Å²) in [5.74, 6) is -1.79. The van der Waals surface area contributed by atoms with E-state index in [4.69, 9.17) is 37.8 Å². The molecular weight excluding hydrogens is 331 g/mol. The van der Waals surface area contributed by atoms with Gasteiger partial charge >= 0.3 is 11.9 Å². The van der Waals surface area contributed by atoms with Crippen molar-refractivity contribution in [3.8, 4) is 11.5 Å². The molecule has 0 aromatic heterocycles. The van der Waals surface area contributed by atoms with E-state index < -0.39 is 18.5 Å². The molecule has 0 aliphatic rings. The molecule has 0 aliphatic heterocycles. The van der Waals surface area contributed by atoms with Crippen molar-refractivity contribution in [3.63, 3.8) is 0 Å². The zero-order chi connectivity index (χ0) is 16.1. The fraction of sp³-hybridized carbons (Fsp3) is 0.0667. The van der Waals surface area contributed by atoms with Crippen molar-refractivity contribution < 1.29 is 24.2 Å². The molecule has 0 saturated heterocycles. The molecule has 2 aromatic carbocycles. The number of hydrogen-bond acceptors (Lipinski definition) is 4. The summed E-state index contributed by atoms with van der Waals surface area (Å²) in [5.41, 5.74) is -0.210. The molecule has 1 N–H and O–H groups in total. The van der Waals surface area contributed by atoms with Crippen molar-refractivity contribution in [2.45, 2.75) is 0 Å². The largest absolute Gasteiger partial charge is 0.480 e. The van der Waals surface area contributed by atoms with Crippen molar-refractivity contribution in [1.29, 1.82) is 0 Å². The second kappa shape index (κ2) is 7.15. The molecule has 5 nitrogen and oxygen atoms in total. The van der Waals surface area contributed by atoms with Crippen molar-refractivity contribution in [2.24, 2.45) is 0 Å². The van der Waals surface area contributed by atoms with Crippen LogP contribution in [0.1, 0.15) is 10.4 Å². The molecule has 0 fully saturated rings. The first-order valence-corrected chi connectivity index (χ1v) is 6.84. The lowest BCUT2D eigenvalue weighted by molar-refractivity contribution is -0.136. The van der Waals surface area contributed by atoms with Gasteiger partial charge in [-0.1, -0.05) is 35.3 Å². The fourth-order valence-corrected chi connectivity index (χ4v) is 1.97. The average molecular weight is 341 g/mol. The summed E-state index contributed by atoms with van der Waals surface area (Å²) in [7, 11) is 0. The minimum Gasteiger partial charge on any atom is -0.480 e. The molecule has 7 heteroatoms. The standard InChI is InChI=1S/C15H10Cl2O5/c16-9-5-6-12(10(7-9)15(19)20)22-14(18)8-21-13-4-2-1-3-11(13)17/h1-7H,8H2,(H,19,20). The van der Waals surface area contributed by atoms with Gasteiger partial charge in [-0.15, -0.1) is 0 Å². The van der Waals surface area contributed by atoms with Crippen LogP contribution in [-0.2, 0) is 4.79 Å². The molecule has 2 rings (SSSR count). The molecule has 0 amide bonds. The second-order valence-electron chi connectivity index (χ2n) is 4.14. The minimum absolute atomic E-state index is 0.107. The Kier molecular flexibility index (Phi) is 5.25. The number of para-hydroxylation sites is 1. The molecule has 0 spiro atoms. The van der Waals surface area contributed by atoms with E-state index in [1.165, 1.54) is 18.2 Å². The summed E-state index contributed by atoms with van der Waals surface area (Å²) in [5, 5.41) is 9.63. The van der Waals surface area contributed by atoms with Gasteiger partial charge in [0, 0.05) is 5.02 Å². The van der Waals surface area contributed by atoms with Crippen molar-refractivity contribution in [2.75, 3.05) is 6.61 Å². The molecule has 0 unspecified atom stereocenters. The Morgan fingerprint density at radius 2 is 1.77 bits per heavy atom. The molecule has 114 valence electrons. The Bertz CT molecular complexity index is 715. The zero-order valence-electron chi connectivity index (χ0n) is 11.1. The highest BCUT2D eigenvalue weighted by Crippen LogP contribution is 2.24. The van der Waals surface area contributed by atoms with Gasteiger partial charge in [0.1, 0.15) is 17.1 Å². The minimum atomic E-state index is -1.25. The average Bonchev–Trinajstić information content (AvgIpc) is 2.48. The summed E-state index contributed by atoms with van der Waals surface area (Å²) in [4.78, 5) is 22.8. The van der Waals surface area contributed by atoms with Gasteiger partial charge in [-0.2, -0.15) is 0 Å². The molecule has 0 heterocycles. The van der Waals surface area contributed by atoms with Crippen LogP contribution in [0.5, 0.6) is 11.5 Å². The number of carbonyl (C=O) groups excluding carboxylic acids is 1. The molecule has 0 radical (unpaired) electrons. The van der Waals surface area contributed by atoms with E-state index in [1.807, 2.05) is 0 Å². The highest BCUT2D eigenvalue weighted by Gasteiger charge is 2.16. The maximum atomic E-state index is 11.7. The molecule has 0 saturated carbocycles. The lowest BCUT2D eigenvalue weighted by Crippen LogP contribution is -2.19. The van der Waals surface area contributed by atoms with Gasteiger partial charge in [0.15, 0.2) is 6.61 Å². The first kappa shape index (κ1) is 16.1. The number of ether oxygens (including phenoxy) is 2. The number of carboxylic acids is 1. The summed E-state index contributed by atoms with van der Waals surface area (Å²) in [6.45, 7) is -0.411. The Morgan fingerprint density at radius 1 is 1.05 bits per heavy atom. The maximum Gasteiger partial charge on any atom is 0.349 e. The number of rotatable bonds is 5. The van der Waals surface area contributed by atoms with Gasteiger partial charge in [-0.3, -0.25) is 0 Å². The van der Waals surface area contributed by atoms with E-state index in [0.29, 0.717) is 10.8 Å². The van der Waals surface area contributed by atoms with E-state index in [9.17, 15) is 9.59 Å². The third kappa shape index (κ3) is 4.13. The van der Waals surface area contributed by atoms with Gasteiger partial charge in [0.05, 0.1) is 5.02 Å². The number of esters is 1. The van der Waals surface area contributed by atoms with Gasteiger partial charge in [0.25, 0.3) is 0 Å². The number of hydrogen-bond donors (Lipinski definition) is 1. The van der Waals surface area contributed by atoms with Crippen molar-refractivity contribution >= 4 is 35.1 Å². The van der Waals surface area contributed by atoms with Crippen LogP contribution in [0.2, 0.25) is 10.0 Å². The lowest BCUT2D eigenvalue weighted by atomic mass is 10.2. The summed E-state index contributed by atoms with van der Waals surface area (Å²) >= 11 is 11.6. The van der Waals surface area contributed by atoms with E-state index in [1.54, 1.807) is 24.3 Å². The molecule has 22 heavy (non-hydrogen) atoms. The van der Waals surface area contributed by atoms with E-state index >= 15 is 0 Å². The number of carbonyl (C=O) groups is 2. The molecule has 0 bridgehead atoms. The molecule has 0 atom stereocenters. The summed E-state index contributed by atoms with van der Waals surface area (Å²) < 4.78 is 10.2. The Balaban J connectivity index is 2.04. The zero-order valence-corrected chi connectivity index (χ0v) is 12.6. The third-order valence-corrected chi connectivity index (χ3v) is 3.13. The number of halogens is 2. The van der Waals surface area contributed by atoms with Crippen LogP contribution in [0.15, 0.2) is 42.5 Å². The maximum absolute atomic E-state index is 11.7. The van der Waals surface area contributed by atoms with Gasteiger partial charge in [0.2, 0.25) is 0 Å². The SMILES string of the molecule is O=C(COc1ccccc1Cl)Oc1ccc(Cl)cc1C(=O)O. The number of aromatic carboxylic acids is 1. The van der Waals surface area contributed by atoms with Crippen LogP contribution in [0.3, 0.4) is 0 Å². The van der Waals surface area contributed by atoms with Crippen LogP contribution in [-0.4, -0.2) is 23.7 Å². The van der Waals surface area contributed by atoms with Gasteiger partial charge in [-0.05, 0) is 30.3 Å². The summed E-state index contributed by atoms with van der Waals surface area (Å²) in [6, 6.07) is 10.6. The summed E-state index contributed by atoms with van der Waals surface area (Å²) in [6.07, 6.45) is 0. The predicted octanol–water partition coefficient (Wildman–Crippen LogP) is 3.68. The lowest BCUT2D eigenvalue weighted by Gasteiger charge is -2.09. The Morgan fingerprint density at radius 3 is 2.45 bits per heavy atom. The molecule has 0 aliphatic carbocycles. The quantitative estimate of drug-likeness (QED) is 0.663. The highest BCUT2D eigenvalue weighted by atomic mass is 35.5. The highest BCUT2D eigenvalue weighted by molar-refractivity contribution is 6.32. The van der Waals surface area contributed by atoms with Crippen LogP contribution in [0.25, 0.3) is 0 Å². The van der Waals surface area contributed by atoms with E-state index in [-0.39, 0.29) is 16.3 Å². The normalized spacial score (nSPS) is 10.1. The van der Waals surface area contributed by atoms with Gasteiger partial charge < -0.3 is 14.6 Å². The number of carboxylic acid groups (broad SMARTS) is 1. The molecular formula is C15H10Cl2O5. The monoisotopic (exact) mass is 340 g/mol. The van der Waals surface area contributed by atoms with Crippen molar-refractivity contribution in [3.05, 3.63) is 58.1 Å². The fourth-order valence-electron chi connectivity index (χ4n) is 1.61. The number of benzene rings is 2. The van der Waals surface area contributed by atoms with E-state index in [2.05, 4.69) is 0 Å². The molecule has 2 aromatic rings. The Labute approximate surface area is 136 Å². The predicted molar refractivity (Wildman–Crippen MR) is 81.0 cm³/mol. The van der Waals surface area contributed by atoms with E-state index in [0.717, 1.165) is 0 Å². The second-order valence-corrected chi connectivity index (χ2v) is 4.98. The van der Waals surface area contributed by atoms with Crippen LogP contribution >= 0.6 is 23.2 Å². The van der Waals surface area contributed by atoms with Crippen molar-refractivity contribution in [1.82, 2.24) is 0 Å². The van der Waals surface area contributed by atoms with Crippen LogP contribution < -0.4 is 9.47 Å². The smallest absolute Gasteiger partial charge is 0.349 e. The van der Waals surface area contributed by atoms with Gasteiger partial charge in [-0.25, -0.2) is 9.59 Å². The topological polar surface area (TPSA) is 72.8 Å². The van der Waals surface area contributed by atoms with Crippen LogP contribution in [0.4, 0.5) is 0 Å². The first-order valence-electron chi connectivity index (χ1n) is 6.08.